The highest BCUT2D eigenvalue weighted by molar-refractivity contribution is 6.04. The number of non-ortho nitro benzene ring substituents is 1. The van der Waals surface area contributed by atoms with Gasteiger partial charge in [-0.2, -0.15) is 0 Å². The standard InChI is InChI=1S/C19H19N3O6/c1-27-14-5-7-17(28-2)15(10-14)20-18(23)11-21-16-6-4-13(22(25)26)9-12(16)3-8-19(21)24/h4-7,9-10H,3,8,11H2,1-2H3,(H,20,23). The van der Waals surface area contributed by atoms with E-state index in [-0.39, 0.29) is 24.6 Å². The summed E-state index contributed by atoms with van der Waals surface area (Å²) in [5, 5.41) is 13.7. The number of nitro benzene ring substituents is 1. The van der Waals surface area contributed by atoms with E-state index in [4.69, 9.17) is 9.47 Å². The molecule has 0 fully saturated rings. The Kier molecular flexibility index (Phi) is 5.44. The van der Waals surface area contributed by atoms with Crippen molar-refractivity contribution in [1.29, 1.82) is 0 Å². The van der Waals surface area contributed by atoms with Crippen molar-refractivity contribution in [2.75, 3.05) is 31.0 Å². The second-order valence-corrected chi connectivity index (χ2v) is 6.16. The second-order valence-electron chi connectivity index (χ2n) is 6.16. The molecule has 0 saturated carbocycles. The number of aryl methyl sites for hydroxylation is 1. The summed E-state index contributed by atoms with van der Waals surface area (Å²) < 4.78 is 10.4. The van der Waals surface area contributed by atoms with Gasteiger partial charge in [0, 0.05) is 30.3 Å². The number of nitro groups is 1. The molecule has 9 heteroatoms. The lowest BCUT2D eigenvalue weighted by molar-refractivity contribution is -0.384. The van der Waals surface area contributed by atoms with Crippen LogP contribution >= 0.6 is 0 Å². The fraction of sp³-hybridized carbons (Fsp3) is 0.263. The zero-order chi connectivity index (χ0) is 20.3. The predicted molar refractivity (Wildman–Crippen MR) is 102 cm³/mol. The van der Waals surface area contributed by atoms with Gasteiger partial charge in [-0.15, -0.1) is 0 Å². The number of nitrogens with one attached hydrogen (secondary N) is 1. The van der Waals surface area contributed by atoms with Crippen molar-refractivity contribution in [3.8, 4) is 11.5 Å². The number of fused-ring (bicyclic) bond motifs is 1. The fourth-order valence-corrected chi connectivity index (χ4v) is 3.08. The number of hydrogen-bond donors (Lipinski definition) is 1. The molecule has 0 bridgehead atoms. The molecule has 0 aromatic heterocycles. The van der Waals surface area contributed by atoms with Crippen LogP contribution in [0.5, 0.6) is 11.5 Å². The van der Waals surface area contributed by atoms with Gasteiger partial charge in [-0.25, -0.2) is 0 Å². The number of amides is 2. The Labute approximate surface area is 161 Å². The minimum atomic E-state index is -0.483. The third-order valence-electron chi connectivity index (χ3n) is 4.46. The van der Waals surface area contributed by atoms with Gasteiger partial charge < -0.3 is 19.7 Å². The number of carbonyl (C=O) groups excluding carboxylic acids is 2. The molecule has 1 aliphatic heterocycles. The maximum Gasteiger partial charge on any atom is 0.269 e. The van der Waals surface area contributed by atoms with E-state index < -0.39 is 10.8 Å². The van der Waals surface area contributed by atoms with Crippen LogP contribution < -0.4 is 19.7 Å². The molecule has 146 valence electrons. The zero-order valence-electron chi connectivity index (χ0n) is 15.4. The molecule has 2 aromatic rings. The van der Waals surface area contributed by atoms with Crippen LogP contribution in [0.3, 0.4) is 0 Å². The van der Waals surface area contributed by atoms with E-state index in [2.05, 4.69) is 5.32 Å². The highest BCUT2D eigenvalue weighted by Crippen LogP contribution is 2.32. The van der Waals surface area contributed by atoms with E-state index in [0.29, 0.717) is 34.9 Å². The van der Waals surface area contributed by atoms with Crippen LogP contribution in [-0.2, 0) is 16.0 Å². The molecule has 2 aromatic carbocycles. The number of nitrogens with zero attached hydrogens (tertiary/aromatic N) is 2. The molecule has 28 heavy (non-hydrogen) atoms. The Morgan fingerprint density at radius 3 is 2.64 bits per heavy atom. The van der Waals surface area contributed by atoms with Gasteiger partial charge in [-0.3, -0.25) is 19.7 Å². The maximum atomic E-state index is 12.6. The van der Waals surface area contributed by atoms with Crippen molar-refractivity contribution >= 4 is 28.9 Å². The van der Waals surface area contributed by atoms with E-state index >= 15 is 0 Å². The molecular formula is C19H19N3O6. The number of carbonyl (C=O) groups is 2. The molecule has 1 heterocycles. The van der Waals surface area contributed by atoms with Crippen LogP contribution in [-0.4, -0.2) is 37.5 Å². The molecule has 0 saturated heterocycles. The summed E-state index contributed by atoms with van der Waals surface area (Å²) in [5.41, 5.74) is 1.55. The SMILES string of the molecule is COc1ccc(OC)c(NC(=O)CN2C(=O)CCc3cc([N+](=O)[O-])ccc32)c1. The van der Waals surface area contributed by atoms with Gasteiger partial charge in [-0.05, 0) is 30.2 Å². The molecular weight excluding hydrogens is 366 g/mol. The topological polar surface area (TPSA) is 111 Å². The highest BCUT2D eigenvalue weighted by Gasteiger charge is 2.27. The first-order chi connectivity index (χ1) is 13.4. The van der Waals surface area contributed by atoms with Crippen LogP contribution in [0.4, 0.5) is 17.1 Å². The van der Waals surface area contributed by atoms with Crippen molar-refractivity contribution in [3.05, 3.63) is 52.1 Å². The van der Waals surface area contributed by atoms with Gasteiger partial charge in [0.25, 0.3) is 5.69 Å². The number of methoxy groups -OCH3 is 2. The Morgan fingerprint density at radius 2 is 1.96 bits per heavy atom. The van der Waals surface area contributed by atoms with E-state index in [9.17, 15) is 19.7 Å². The van der Waals surface area contributed by atoms with Crippen molar-refractivity contribution in [2.45, 2.75) is 12.8 Å². The maximum absolute atomic E-state index is 12.6. The van der Waals surface area contributed by atoms with Crippen LogP contribution in [0.2, 0.25) is 0 Å². The van der Waals surface area contributed by atoms with Crippen LogP contribution in [0, 0.1) is 10.1 Å². The lowest BCUT2D eigenvalue weighted by Gasteiger charge is -2.28. The minimum absolute atomic E-state index is 0.0429. The molecule has 1 aliphatic rings. The molecule has 0 aliphatic carbocycles. The third-order valence-corrected chi connectivity index (χ3v) is 4.46. The first kappa shape index (κ1) is 19.2. The second kappa shape index (κ2) is 7.95. The normalized spacial score (nSPS) is 12.9. The summed E-state index contributed by atoms with van der Waals surface area (Å²) in [4.78, 5) is 36.7. The number of anilines is 2. The van der Waals surface area contributed by atoms with E-state index in [1.165, 1.54) is 37.3 Å². The van der Waals surface area contributed by atoms with Crippen LogP contribution in [0.25, 0.3) is 0 Å². The summed E-state index contributed by atoms with van der Waals surface area (Å²) in [6.07, 6.45) is 0.585. The van der Waals surface area contributed by atoms with E-state index in [0.717, 1.165) is 0 Å². The number of hydrogen-bond acceptors (Lipinski definition) is 6. The number of benzene rings is 2. The monoisotopic (exact) mass is 385 g/mol. The number of rotatable bonds is 6. The van der Waals surface area contributed by atoms with Gasteiger partial charge in [0.15, 0.2) is 0 Å². The molecule has 9 nitrogen and oxygen atoms in total. The molecule has 1 N–H and O–H groups in total. The highest BCUT2D eigenvalue weighted by atomic mass is 16.6. The minimum Gasteiger partial charge on any atom is -0.497 e. The van der Waals surface area contributed by atoms with E-state index in [1.54, 1.807) is 18.2 Å². The van der Waals surface area contributed by atoms with Crippen molar-refractivity contribution in [1.82, 2.24) is 0 Å². The largest absolute Gasteiger partial charge is 0.497 e. The molecule has 0 unspecified atom stereocenters. The van der Waals surface area contributed by atoms with Crippen molar-refractivity contribution < 1.29 is 24.0 Å². The predicted octanol–water partition coefficient (Wildman–Crippen LogP) is 2.53. The lowest BCUT2D eigenvalue weighted by Crippen LogP contribution is -2.40. The summed E-state index contributed by atoms with van der Waals surface area (Å²) in [5.74, 6) is 0.359. The first-order valence-corrected chi connectivity index (χ1v) is 8.52. The van der Waals surface area contributed by atoms with Gasteiger partial charge in [0.2, 0.25) is 11.8 Å². The summed E-state index contributed by atoms with van der Waals surface area (Å²) in [6.45, 7) is -0.218. The first-order valence-electron chi connectivity index (χ1n) is 8.52. The average molecular weight is 385 g/mol. The summed E-state index contributed by atoms with van der Waals surface area (Å²) in [6, 6.07) is 9.25. The lowest BCUT2D eigenvalue weighted by atomic mass is 10.0. The number of ether oxygens (including phenoxy) is 2. The van der Waals surface area contributed by atoms with E-state index in [1.807, 2.05) is 0 Å². The van der Waals surface area contributed by atoms with Gasteiger partial charge in [-0.1, -0.05) is 0 Å². The summed E-state index contributed by atoms with van der Waals surface area (Å²) >= 11 is 0. The molecule has 2 amide bonds. The van der Waals surface area contributed by atoms with Gasteiger partial charge in [0.05, 0.1) is 24.8 Å². The zero-order valence-corrected chi connectivity index (χ0v) is 15.4. The van der Waals surface area contributed by atoms with Crippen LogP contribution in [0.15, 0.2) is 36.4 Å². The van der Waals surface area contributed by atoms with Crippen LogP contribution in [0.1, 0.15) is 12.0 Å². The Balaban J connectivity index is 1.81. The van der Waals surface area contributed by atoms with Gasteiger partial charge >= 0.3 is 0 Å². The third kappa shape index (κ3) is 3.88. The van der Waals surface area contributed by atoms with Gasteiger partial charge in [0.1, 0.15) is 18.0 Å². The Hall–Kier alpha value is -3.62. The summed E-state index contributed by atoms with van der Waals surface area (Å²) in [7, 11) is 2.99. The smallest absolute Gasteiger partial charge is 0.269 e. The Morgan fingerprint density at radius 1 is 1.18 bits per heavy atom. The molecule has 0 radical (unpaired) electrons. The molecule has 0 atom stereocenters. The molecule has 0 spiro atoms. The van der Waals surface area contributed by atoms with Crippen molar-refractivity contribution in [3.63, 3.8) is 0 Å². The molecule has 3 rings (SSSR count). The Bertz CT molecular complexity index is 943. The average Bonchev–Trinajstić information content (AvgIpc) is 2.69. The van der Waals surface area contributed by atoms with Crippen molar-refractivity contribution in [2.24, 2.45) is 0 Å². The quantitative estimate of drug-likeness (QED) is 0.604. The fourth-order valence-electron chi connectivity index (χ4n) is 3.08.